The molecular formula is C27H36O6. The van der Waals surface area contributed by atoms with Gasteiger partial charge in [-0.15, -0.1) is 0 Å². The summed E-state index contributed by atoms with van der Waals surface area (Å²) in [5.41, 5.74) is -1.49. The van der Waals surface area contributed by atoms with Crippen molar-refractivity contribution < 1.29 is 29.0 Å². The number of carbonyl (C=O) groups is 3. The molecule has 1 saturated heterocycles. The zero-order valence-electron chi connectivity index (χ0n) is 20.2. The number of aliphatic hydroxyl groups excluding tert-OH is 1. The lowest BCUT2D eigenvalue weighted by molar-refractivity contribution is -0.193. The fraction of sp³-hybridized carbons (Fsp3) is 0.741. The van der Waals surface area contributed by atoms with Crippen LogP contribution in [-0.2, 0) is 23.9 Å². The molecule has 33 heavy (non-hydrogen) atoms. The van der Waals surface area contributed by atoms with Gasteiger partial charge in [0.2, 0.25) is 5.78 Å². The summed E-state index contributed by atoms with van der Waals surface area (Å²) in [5.74, 6) is -0.549. The molecule has 0 radical (unpaired) electrons. The number of esters is 1. The Morgan fingerprint density at radius 1 is 1.27 bits per heavy atom. The molecule has 1 N–H and O–H groups in total. The third-order valence-electron chi connectivity index (χ3n) is 10.0. The van der Waals surface area contributed by atoms with Gasteiger partial charge in [-0.1, -0.05) is 38.8 Å². The molecule has 0 aromatic rings. The van der Waals surface area contributed by atoms with Gasteiger partial charge < -0.3 is 14.6 Å². The van der Waals surface area contributed by atoms with Gasteiger partial charge in [0.15, 0.2) is 11.4 Å². The first-order chi connectivity index (χ1) is 15.6. The van der Waals surface area contributed by atoms with Crippen LogP contribution < -0.4 is 0 Å². The summed E-state index contributed by atoms with van der Waals surface area (Å²) in [7, 11) is 0. The minimum atomic E-state index is -1.33. The third-order valence-corrected chi connectivity index (χ3v) is 10.0. The molecule has 8 atom stereocenters. The molecular weight excluding hydrogens is 420 g/mol. The van der Waals surface area contributed by atoms with E-state index in [0.29, 0.717) is 12.8 Å². The molecule has 1 heterocycles. The van der Waals surface area contributed by atoms with Gasteiger partial charge in [0.1, 0.15) is 12.2 Å². The average molecular weight is 457 g/mol. The van der Waals surface area contributed by atoms with Crippen LogP contribution in [-0.4, -0.2) is 46.6 Å². The largest absolute Gasteiger partial charge is 0.450 e. The van der Waals surface area contributed by atoms with Gasteiger partial charge in [-0.3, -0.25) is 14.4 Å². The number of aliphatic hydroxyl groups is 1. The maximum atomic E-state index is 13.4. The monoisotopic (exact) mass is 456 g/mol. The van der Waals surface area contributed by atoms with Crippen molar-refractivity contribution in [3.63, 3.8) is 0 Å². The molecule has 5 rings (SSSR count). The van der Waals surface area contributed by atoms with E-state index in [2.05, 4.69) is 13.8 Å². The van der Waals surface area contributed by atoms with E-state index in [1.165, 1.54) is 0 Å². The summed E-state index contributed by atoms with van der Waals surface area (Å²) in [6.45, 7) is 7.65. The van der Waals surface area contributed by atoms with Gasteiger partial charge in [-0.25, -0.2) is 0 Å². The van der Waals surface area contributed by atoms with Crippen LogP contribution in [0, 0.1) is 28.6 Å². The van der Waals surface area contributed by atoms with Gasteiger partial charge in [0.25, 0.3) is 0 Å². The second-order valence-corrected chi connectivity index (χ2v) is 11.4. The smallest absolute Gasteiger partial charge is 0.306 e. The van der Waals surface area contributed by atoms with Gasteiger partial charge in [-0.05, 0) is 63.0 Å². The topological polar surface area (TPSA) is 93.2 Å². The molecule has 3 saturated carbocycles. The van der Waals surface area contributed by atoms with Crippen molar-refractivity contribution in [2.75, 3.05) is 6.61 Å². The molecule has 1 aliphatic heterocycles. The predicted octanol–water partition coefficient (Wildman–Crippen LogP) is 3.71. The van der Waals surface area contributed by atoms with Crippen molar-refractivity contribution in [2.24, 2.45) is 28.6 Å². The number of epoxide rings is 1. The molecule has 0 unspecified atom stereocenters. The zero-order chi connectivity index (χ0) is 23.8. The minimum absolute atomic E-state index is 0.0382. The minimum Gasteiger partial charge on any atom is -0.450 e. The molecule has 4 aliphatic carbocycles. The highest BCUT2D eigenvalue weighted by molar-refractivity contribution is 6.01. The average Bonchev–Trinajstić information content (AvgIpc) is 3.45. The summed E-state index contributed by atoms with van der Waals surface area (Å²) in [6, 6.07) is 0. The van der Waals surface area contributed by atoms with E-state index in [9.17, 15) is 19.5 Å². The van der Waals surface area contributed by atoms with E-state index in [1.54, 1.807) is 12.2 Å². The number of ketones is 2. The molecule has 6 nitrogen and oxygen atoms in total. The Morgan fingerprint density at radius 2 is 2.03 bits per heavy atom. The van der Waals surface area contributed by atoms with E-state index in [1.807, 2.05) is 19.9 Å². The molecule has 6 heteroatoms. The Kier molecular flexibility index (Phi) is 5.12. The van der Waals surface area contributed by atoms with E-state index < -0.39 is 17.6 Å². The zero-order valence-corrected chi connectivity index (χ0v) is 20.2. The third kappa shape index (κ3) is 2.71. The highest BCUT2D eigenvalue weighted by Gasteiger charge is 2.82. The standard InChI is InChI=1S/C27H36O6/c1-5-6-7-23(31)33-26(21(30)15-28)16(2)12-20-19-9-8-17-13-18(29)10-11-24(17,3)27(19)22(32-27)14-25(20,26)4/h10-11,13,16,19-20,22,28H,5-9,12,14-15H2,1-4H3/t16-,19+,20+,22+,24+,25+,26+,27-/m1/s1. The highest BCUT2D eigenvalue weighted by Crippen LogP contribution is 2.76. The second-order valence-electron chi connectivity index (χ2n) is 11.4. The number of allylic oxidation sites excluding steroid dienone is 2. The van der Waals surface area contributed by atoms with Crippen molar-refractivity contribution >= 4 is 17.5 Å². The van der Waals surface area contributed by atoms with Crippen LogP contribution in [0.2, 0.25) is 0 Å². The Labute approximate surface area is 195 Å². The first-order valence-corrected chi connectivity index (χ1v) is 12.6. The summed E-state index contributed by atoms with van der Waals surface area (Å²) >= 11 is 0. The Balaban J connectivity index is 1.55. The quantitative estimate of drug-likeness (QED) is 0.484. The van der Waals surface area contributed by atoms with Crippen molar-refractivity contribution in [3.05, 3.63) is 23.8 Å². The molecule has 0 amide bonds. The lowest BCUT2D eigenvalue weighted by Crippen LogP contribution is -2.63. The van der Waals surface area contributed by atoms with E-state index >= 15 is 0 Å². The number of fused-ring (bicyclic) bond motifs is 3. The normalized spacial score (nSPS) is 47.1. The summed E-state index contributed by atoms with van der Waals surface area (Å²) in [5, 5.41) is 9.98. The maximum Gasteiger partial charge on any atom is 0.306 e. The predicted molar refractivity (Wildman–Crippen MR) is 121 cm³/mol. The molecule has 5 aliphatic rings. The van der Waals surface area contributed by atoms with Crippen molar-refractivity contribution in [2.45, 2.75) is 89.9 Å². The summed E-state index contributed by atoms with van der Waals surface area (Å²) < 4.78 is 12.7. The van der Waals surface area contributed by atoms with Gasteiger partial charge in [0.05, 0.1) is 6.10 Å². The SMILES string of the molecule is CCCCC(=O)O[C@]1(C(=O)CO)[C@H](C)C[C@H]2[C@@H]3CCC4=CC(=O)C=C[C@]4(C)[C@@]34O[C@H]4C[C@@]21C. The first kappa shape index (κ1) is 23.0. The van der Waals surface area contributed by atoms with Crippen molar-refractivity contribution in [1.82, 2.24) is 0 Å². The number of ether oxygens (including phenoxy) is 2. The van der Waals surface area contributed by atoms with Crippen LogP contribution in [0.25, 0.3) is 0 Å². The fourth-order valence-corrected chi connectivity index (χ4v) is 8.51. The number of hydrogen-bond acceptors (Lipinski definition) is 6. The van der Waals surface area contributed by atoms with E-state index in [4.69, 9.17) is 9.47 Å². The molecule has 4 fully saturated rings. The molecule has 0 aromatic carbocycles. The second kappa shape index (κ2) is 7.35. The molecule has 0 aromatic heterocycles. The summed E-state index contributed by atoms with van der Waals surface area (Å²) in [4.78, 5) is 38.3. The number of rotatable bonds is 6. The van der Waals surface area contributed by atoms with Crippen LogP contribution in [0.4, 0.5) is 0 Å². The fourth-order valence-electron chi connectivity index (χ4n) is 8.51. The number of unbranched alkanes of at least 4 members (excludes halogenated alkanes) is 1. The van der Waals surface area contributed by atoms with E-state index in [-0.39, 0.29) is 58.8 Å². The first-order valence-electron chi connectivity index (χ1n) is 12.6. The Bertz CT molecular complexity index is 966. The van der Waals surface area contributed by atoms with Crippen LogP contribution in [0.5, 0.6) is 0 Å². The van der Waals surface area contributed by atoms with Crippen LogP contribution in [0.1, 0.15) is 72.6 Å². The lowest BCUT2D eigenvalue weighted by atomic mass is 9.46. The van der Waals surface area contributed by atoms with Crippen molar-refractivity contribution in [1.29, 1.82) is 0 Å². The summed E-state index contributed by atoms with van der Waals surface area (Å²) in [6.07, 6.45) is 10.4. The number of carbonyl (C=O) groups excluding carboxylic acids is 3. The van der Waals surface area contributed by atoms with Crippen LogP contribution in [0.15, 0.2) is 23.8 Å². The van der Waals surface area contributed by atoms with Crippen LogP contribution in [0.3, 0.4) is 0 Å². The van der Waals surface area contributed by atoms with E-state index in [0.717, 1.165) is 31.3 Å². The Morgan fingerprint density at radius 3 is 2.73 bits per heavy atom. The van der Waals surface area contributed by atoms with Crippen molar-refractivity contribution in [3.8, 4) is 0 Å². The number of hydrogen-bond donors (Lipinski definition) is 1. The molecule has 0 bridgehead atoms. The highest BCUT2D eigenvalue weighted by atomic mass is 16.6. The lowest BCUT2D eigenvalue weighted by Gasteiger charge is -2.56. The molecule has 1 spiro atoms. The maximum absolute atomic E-state index is 13.4. The van der Waals surface area contributed by atoms with Gasteiger partial charge in [-0.2, -0.15) is 0 Å². The van der Waals surface area contributed by atoms with Gasteiger partial charge >= 0.3 is 5.97 Å². The molecule has 180 valence electrons. The Hall–Kier alpha value is -1.79. The number of Topliss-reactive ketones (excluding diaryl/α,β-unsaturated/α-hetero) is 1. The van der Waals surface area contributed by atoms with Crippen LogP contribution >= 0.6 is 0 Å². The van der Waals surface area contributed by atoms with Gasteiger partial charge in [0, 0.05) is 23.2 Å².